The second-order valence-electron chi connectivity index (χ2n) is 23.5. The van der Waals surface area contributed by atoms with Crippen LogP contribution in [0.25, 0.3) is 0 Å². The van der Waals surface area contributed by atoms with Crippen LogP contribution in [0, 0.1) is 50.2 Å². The number of carbonyl (C=O) groups excluding carboxylic acids is 1. The summed E-state index contributed by atoms with van der Waals surface area (Å²) >= 11 is 0. The van der Waals surface area contributed by atoms with Gasteiger partial charge in [0.2, 0.25) is 6.29 Å². The van der Waals surface area contributed by atoms with Crippen LogP contribution in [0.1, 0.15) is 113 Å². The molecule has 67 heavy (non-hydrogen) atoms. The molecule has 3 aliphatic heterocycles. The largest absolute Gasteiger partial charge is 0.479 e. The smallest absolute Gasteiger partial charge is 0.335 e. The van der Waals surface area contributed by atoms with Crippen LogP contribution in [0.15, 0.2) is 11.6 Å². The van der Waals surface area contributed by atoms with E-state index in [0.29, 0.717) is 25.7 Å². The van der Waals surface area contributed by atoms with Crippen LogP contribution in [0.5, 0.6) is 0 Å². The standard InChI is InChI=1S/C48H76O19/c1-43(2)14-16-48(42(61)67-40-35(58)31(54)29(52)24(20-50)63-40)17-15-46(6)21(22(48)18-43)8-9-26-45(5)12-11-27(44(3,4)25(45)10-13-47(26,46)7)64-41-37(33(56)32(55)36(65-41)38(59)60)66-39-34(57)30(53)28(51)23(19-49)62-39/h8,22-37,39-41,49-58H,9-20H2,1-7H3,(H,59,60)/t22-,23-,24-,25-,26+,27+,28-,29-,30-,31-,32-,33+,34+,35+,36-,37+,39+,40+,41-,45-,46-,47-,48-/m1/s1. The first-order chi connectivity index (χ1) is 31.2. The Morgan fingerprint density at radius 3 is 1.85 bits per heavy atom. The number of fused-ring (bicyclic) bond motifs is 7. The van der Waals surface area contributed by atoms with Gasteiger partial charge < -0.3 is 84.6 Å². The van der Waals surface area contributed by atoms with Crippen molar-refractivity contribution in [1.29, 1.82) is 0 Å². The fourth-order valence-electron chi connectivity index (χ4n) is 15.0. The van der Waals surface area contributed by atoms with Crippen LogP contribution in [-0.2, 0) is 38.0 Å². The molecule has 5 aliphatic carbocycles. The molecular formula is C48H76O19. The number of aliphatic carboxylic acids is 1. The first-order valence-electron chi connectivity index (χ1n) is 24.3. The van der Waals surface area contributed by atoms with Gasteiger partial charge in [0.25, 0.3) is 0 Å². The summed E-state index contributed by atoms with van der Waals surface area (Å²) in [6, 6.07) is 0. The Kier molecular flexibility index (Phi) is 13.8. The van der Waals surface area contributed by atoms with Crippen LogP contribution in [0.4, 0.5) is 0 Å². The third-order valence-corrected chi connectivity index (χ3v) is 19.3. The fraction of sp³-hybridized carbons (Fsp3) is 0.917. The first-order valence-corrected chi connectivity index (χ1v) is 24.3. The quantitative estimate of drug-likeness (QED) is 0.0838. The molecule has 0 aromatic heterocycles. The third kappa shape index (κ3) is 8.06. The van der Waals surface area contributed by atoms with Gasteiger partial charge in [0.15, 0.2) is 18.7 Å². The van der Waals surface area contributed by atoms with E-state index in [1.54, 1.807) is 0 Å². The Balaban J connectivity index is 1.05. The van der Waals surface area contributed by atoms with Gasteiger partial charge in [-0.2, -0.15) is 0 Å². The Morgan fingerprint density at radius 1 is 0.642 bits per heavy atom. The lowest BCUT2D eigenvalue weighted by Gasteiger charge is -2.71. The SMILES string of the molecule is CC1(C)CC[C@@]2(C(=O)O[C@@H]3O[C@H](CO)[C@@H](O)[C@@H](O)[C@@H]3O)CC[C@]3(C)C(=CC[C@H]4[C@]5(C)CC[C@H](O[C@@H]6O[C@@H](C(=O)O)[C@H](O)[C@H](O)[C@@H]6O[C@@H]6O[C@H](CO)[C@@H](O)[C@@H](O)[C@@H]6O)C(C)(C)[C@H]5CC[C@]43C)[C@H]2C1. The first kappa shape index (κ1) is 51.4. The van der Waals surface area contributed by atoms with E-state index in [0.717, 1.165) is 38.5 Å². The summed E-state index contributed by atoms with van der Waals surface area (Å²) in [5.41, 5.74) is -1.05. The number of rotatable bonds is 9. The van der Waals surface area contributed by atoms with E-state index >= 15 is 0 Å². The van der Waals surface area contributed by atoms with Crippen molar-refractivity contribution in [3.63, 3.8) is 0 Å². The highest BCUT2D eigenvalue weighted by Crippen LogP contribution is 2.76. The fourth-order valence-corrected chi connectivity index (χ4v) is 15.0. The number of aliphatic hydroxyl groups is 10. The van der Waals surface area contributed by atoms with Crippen LogP contribution in [0.3, 0.4) is 0 Å². The zero-order chi connectivity index (χ0) is 49.1. The molecule has 0 unspecified atom stereocenters. The van der Waals surface area contributed by atoms with Crippen molar-refractivity contribution in [1.82, 2.24) is 0 Å². The van der Waals surface area contributed by atoms with Gasteiger partial charge in [0, 0.05) is 0 Å². The molecule has 0 aromatic carbocycles. The number of esters is 1. The molecule has 19 nitrogen and oxygen atoms in total. The third-order valence-electron chi connectivity index (χ3n) is 19.3. The second-order valence-corrected chi connectivity index (χ2v) is 23.5. The maximum atomic E-state index is 14.7. The molecule has 4 saturated carbocycles. The number of ether oxygens (including phenoxy) is 6. The molecule has 382 valence electrons. The number of carbonyl (C=O) groups is 2. The normalized spacial score (nSPS) is 52.6. The Hall–Kier alpha value is -1.92. The number of hydrogen-bond acceptors (Lipinski definition) is 18. The minimum absolute atomic E-state index is 0.0828. The van der Waals surface area contributed by atoms with Crippen LogP contribution < -0.4 is 0 Å². The van der Waals surface area contributed by atoms with Gasteiger partial charge >= 0.3 is 11.9 Å². The van der Waals surface area contributed by atoms with Crippen molar-refractivity contribution in [3.8, 4) is 0 Å². The van der Waals surface area contributed by atoms with Gasteiger partial charge in [-0.3, -0.25) is 4.79 Å². The number of aliphatic hydroxyl groups excluding tert-OH is 10. The average Bonchev–Trinajstić information content (AvgIpc) is 3.26. The minimum Gasteiger partial charge on any atom is -0.479 e. The van der Waals surface area contributed by atoms with Crippen molar-refractivity contribution in [3.05, 3.63) is 11.6 Å². The Bertz CT molecular complexity index is 1870. The summed E-state index contributed by atoms with van der Waals surface area (Å²) < 4.78 is 35.7. The number of allylic oxidation sites excluding steroid dienone is 2. The van der Waals surface area contributed by atoms with E-state index in [9.17, 15) is 65.8 Å². The lowest BCUT2D eigenvalue weighted by molar-refractivity contribution is -0.374. The Labute approximate surface area is 391 Å². The molecule has 3 saturated heterocycles. The molecule has 0 bridgehead atoms. The average molecular weight is 957 g/mol. The predicted octanol–water partition coefficient (Wildman–Crippen LogP) is 0.233. The summed E-state index contributed by atoms with van der Waals surface area (Å²) in [5, 5.41) is 115. The lowest BCUT2D eigenvalue weighted by atomic mass is 9.33. The molecule has 0 radical (unpaired) electrons. The minimum atomic E-state index is -1.98. The second kappa shape index (κ2) is 18.0. The highest BCUT2D eigenvalue weighted by atomic mass is 16.8. The number of carboxylic acid groups (broad SMARTS) is 1. The van der Waals surface area contributed by atoms with Crippen molar-refractivity contribution in [2.24, 2.45) is 50.2 Å². The van der Waals surface area contributed by atoms with Crippen LogP contribution >= 0.6 is 0 Å². The molecule has 8 aliphatic rings. The Morgan fingerprint density at radius 2 is 1.24 bits per heavy atom. The van der Waals surface area contributed by atoms with E-state index in [1.165, 1.54) is 5.57 Å². The molecule has 11 N–H and O–H groups in total. The summed E-state index contributed by atoms with van der Waals surface area (Å²) in [4.78, 5) is 27.0. The maximum Gasteiger partial charge on any atom is 0.335 e. The van der Waals surface area contributed by atoms with Gasteiger partial charge in [-0.1, -0.05) is 60.1 Å². The molecule has 3 heterocycles. The van der Waals surface area contributed by atoms with Gasteiger partial charge in [0.1, 0.15) is 67.1 Å². The van der Waals surface area contributed by atoms with Gasteiger partial charge in [-0.15, -0.1) is 0 Å². The van der Waals surface area contributed by atoms with E-state index in [1.807, 2.05) is 0 Å². The van der Waals surface area contributed by atoms with E-state index in [-0.39, 0.29) is 39.4 Å². The van der Waals surface area contributed by atoms with Crippen LogP contribution in [-0.4, -0.2) is 180 Å². The van der Waals surface area contributed by atoms with Crippen molar-refractivity contribution in [2.45, 2.75) is 211 Å². The lowest BCUT2D eigenvalue weighted by Crippen LogP contribution is -2.67. The van der Waals surface area contributed by atoms with Gasteiger partial charge in [-0.05, 0) is 109 Å². The highest BCUT2D eigenvalue weighted by Gasteiger charge is 2.70. The van der Waals surface area contributed by atoms with E-state index in [2.05, 4.69) is 54.5 Å². The van der Waals surface area contributed by atoms with Crippen molar-refractivity contribution in [2.75, 3.05) is 13.2 Å². The van der Waals surface area contributed by atoms with Gasteiger partial charge in [-0.25, -0.2) is 4.79 Å². The summed E-state index contributed by atoms with van der Waals surface area (Å²) in [6.45, 7) is 14.4. The molecule has 8 rings (SSSR count). The molecule has 0 spiro atoms. The predicted molar refractivity (Wildman–Crippen MR) is 231 cm³/mol. The van der Waals surface area contributed by atoms with Crippen molar-refractivity contribution < 1.29 is 94.2 Å². The molecule has 0 amide bonds. The summed E-state index contributed by atoms with van der Waals surface area (Å²) in [6.07, 6.45) is -16.4. The molecule has 23 atom stereocenters. The summed E-state index contributed by atoms with van der Waals surface area (Å²) in [7, 11) is 0. The van der Waals surface area contributed by atoms with E-state index < -0.39 is 134 Å². The highest BCUT2D eigenvalue weighted by molar-refractivity contribution is 5.79. The van der Waals surface area contributed by atoms with E-state index in [4.69, 9.17) is 28.4 Å². The molecule has 0 aromatic rings. The zero-order valence-corrected chi connectivity index (χ0v) is 39.7. The molecule has 7 fully saturated rings. The van der Waals surface area contributed by atoms with Crippen molar-refractivity contribution >= 4 is 11.9 Å². The number of carboxylic acids is 1. The maximum absolute atomic E-state index is 14.7. The molecule has 19 heteroatoms. The molecular weight excluding hydrogens is 881 g/mol. The van der Waals surface area contributed by atoms with Crippen LogP contribution in [0.2, 0.25) is 0 Å². The number of hydrogen-bond donors (Lipinski definition) is 11. The zero-order valence-electron chi connectivity index (χ0n) is 39.7. The topological polar surface area (TPSA) is 312 Å². The monoisotopic (exact) mass is 956 g/mol. The van der Waals surface area contributed by atoms with Gasteiger partial charge in [0.05, 0.1) is 24.7 Å². The summed E-state index contributed by atoms with van der Waals surface area (Å²) in [5.74, 6) is -1.94.